The summed E-state index contributed by atoms with van der Waals surface area (Å²) >= 11 is 0. The highest BCUT2D eigenvalue weighted by atomic mass is 16.5. The number of aromatic amines is 1. The third-order valence-electron chi connectivity index (χ3n) is 1.30. The van der Waals surface area contributed by atoms with Gasteiger partial charge in [0.2, 0.25) is 0 Å². The molecule has 64 valence electrons. The van der Waals surface area contributed by atoms with E-state index in [-0.39, 0.29) is 5.56 Å². The highest BCUT2D eigenvalue weighted by Crippen LogP contribution is 2.04. The second kappa shape index (κ2) is 3.08. The van der Waals surface area contributed by atoms with Gasteiger partial charge in [0.15, 0.2) is 5.75 Å². The van der Waals surface area contributed by atoms with Crippen molar-refractivity contribution in [3.05, 3.63) is 28.2 Å². The lowest BCUT2D eigenvalue weighted by atomic mass is 10.3. The van der Waals surface area contributed by atoms with Crippen LogP contribution in [0.25, 0.3) is 0 Å². The molecule has 0 fully saturated rings. The van der Waals surface area contributed by atoms with Gasteiger partial charge < -0.3 is 14.8 Å². The smallest absolute Gasteiger partial charge is 0.339 e. The highest BCUT2D eigenvalue weighted by Gasteiger charge is 2.07. The average Bonchev–Trinajstić information content (AvgIpc) is 2.08. The zero-order chi connectivity index (χ0) is 9.14. The molecule has 5 heteroatoms. The first-order valence-electron chi connectivity index (χ1n) is 3.15. The number of rotatable bonds is 1. The van der Waals surface area contributed by atoms with E-state index in [2.05, 4.69) is 9.72 Å². The van der Waals surface area contributed by atoms with Gasteiger partial charge in [0, 0.05) is 12.3 Å². The summed E-state index contributed by atoms with van der Waals surface area (Å²) in [6.45, 7) is 0. The lowest BCUT2D eigenvalue weighted by molar-refractivity contribution is 0.0599. The second-order valence-electron chi connectivity index (χ2n) is 2.09. The minimum atomic E-state index is -0.636. The molecular weight excluding hydrogens is 162 g/mol. The lowest BCUT2D eigenvalue weighted by Gasteiger charge is -1.97. The Morgan fingerprint density at radius 2 is 2.33 bits per heavy atom. The Bertz CT molecular complexity index is 355. The van der Waals surface area contributed by atoms with Crippen LogP contribution in [0.4, 0.5) is 0 Å². The molecule has 0 spiro atoms. The Balaban J connectivity index is 3.13. The van der Waals surface area contributed by atoms with Gasteiger partial charge in [-0.05, 0) is 0 Å². The molecule has 1 rings (SSSR count). The molecule has 0 aliphatic carbocycles. The van der Waals surface area contributed by atoms with Crippen LogP contribution in [-0.4, -0.2) is 23.2 Å². The molecule has 0 bridgehead atoms. The number of ether oxygens (including phenoxy) is 1. The molecule has 2 N–H and O–H groups in total. The van der Waals surface area contributed by atoms with Crippen LogP contribution in [0.15, 0.2) is 17.1 Å². The largest absolute Gasteiger partial charge is 0.503 e. The Kier molecular flexibility index (Phi) is 2.14. The first-order chi connectivity index (χ1) is 5.65. The van der Waals surface area contributed by atoms with Gasteiger partial charge in [-0.25, -0.2) is 4.79 Å². The van der Waals surface area contributed by atoms with E-state index in [4.69, 9.17) is 5.11 Å². The van der Waals surface area contributed by atoms with Crippen molar-refractivity contribution in [3.8, 4) is 5.75 Å². The summed E-state index contributed by atoms with van der Waals surface area (Å²) in [6, 6.07) is 1.05. The molecular formula is C7H7NO4. The summed E-state index contributed by atoms with van der Waals surface area (Å²) in [6.07, 6.45) is 1.17. The summed E-state index contributed by atoms with van der Waals surface area (Å²) in [5.41, 5.74) is -0.530. The zero-order valence-corrected chi connectivity index (χ0v) is 6.33. The van der Waals surface area contributed by atoms with Crippen LogP contribution in [0.5, 0.6) is 5.75 Å². The van der Waals surface area contributed by atoms with E-state index in [0.29, 0.717) is 0 Å². The molecule has 1 heterocycles. The van der Waals surface area contributed by atoms with E-state index in [0.717, 1.165) is 6.07 Å². The number of hydrogen-bond donors (Lipinski definition) is 2. The van der Waals surface area contributed by atoms with Gasteiger partial charge in [-0.15, -0.1) is 0 Å². The molecule has 0 unspecified atom stereocenters. The molecule has 0 aliphatic rings. The fourth-order valence-corrected chi connectivity index (χ4v) is 0.707. The van der Waals surface area contributed by atoms with Gasteiger partial charge >= 0.3 is 5.97 Å². The lowest BCUT2D eigenvalue weighted by Crippen LogP contribution is -2.09. The number of methoxy groups -OCH3 is 1. The maximum Gasteiger partial charge on any atom is 0.339 e. The normalized spacial score (nSPS) is 9.42. The molecule has 0 aliphatic heterocycles. The van der Waals surface area contributed by atoms with Crippen LogP contribution < -0.4 is 5.56 Å². The Morgan fingerprint density at radius 1 is 1.67 bits per heavy atom. The number of carbonyl (C=O) groups excluding carboxylic acids is 1. The number of nitrogens with one attached hydrogen (secondary N) is 1. The molecule has 0 saturated carbocycles. The second-order valence-corrected chi connectivity index (χ2v) is 2.09. The van der Waals surface area contributed by atoms with Gasteiger partial charge in [0.05, 0.1) is 12.7 Å². The Hall–Kier alpha value is -1.78. The van der Waals surface area contributed by atoms with Crippen molar-refractivity contribution in [3.63, 3.8) is 0 Å². The van der Waals surface area contributed by atoms with Crippen molar-refractivity contribution in [1.29, 1.82) is 0 Å². The van der Waals surface area contributed by atoms with Gasteiger partial charge in [0.25, 0.3) is 5.56 Å². The van der Waals surface area contributed by atoms with Crippen molar-refractivity contribution < 1.29 is 14.6 Å². The van der Waals surface area contributed by atoms with Gasteiger partial charge in [0.1, 0.15) is 0 Å². The SMILES string of the molecule is COC(=O)c1c[nH]c(=O)c(O)c1. The summed E-state index contributed by atoms with van der Waals surface area (Å²) in [4.78, 5) is 23.6. The van der Waals surface area contributed by atoms with Crippen LogP contribution in [0.1, 0.15) is 10.4 Å². The first-order valence-corrected chi connectivity index (χ1v) is 3.15. The number of hydrogen-bond acceptors (Lipinski definition) is 4. The third kappa shape index (κ3) is 1.45. The molecule has 12 heavy (non-hydrogen) atoms. The quantitative estimate of drug-likeness (QED) is 0.574. The number of carbonyl (C=O) groups is 1. The van der Waals surface area contributed by atoms with E-state index in [1.165, 1.54) is 13.3 Å². The van der Waals surface area contributed by atoms with Crippen molar-refractivity contribution in [1.82, 2.24) is 4.98 Å². The standard InChI is InChI=1S/C7H7NO4/c1-12-7(11)4-2-5(9)6(10)8-3-4/h2-3,9H,1H3,(H,8,10). The molecule has 0 amide bonds. The molecule has 1 aromatic heterocycles. The fraction of sp³-hybridized carbons (Fsp3) is 0.143. The molecule has 5 nitrogen and oxygen atoms in total. The van der Waals surface area contributed by atoms with E-state index < -0.39 is 17.3 Å². The number of aromatic nitrogens is 1. The maximum atomic E-state index is 10.8. The predicted molar refractivity (Wildman–Crippen MR) is 40.1 cm³/mol. The minimum absolute atomic E-state index is 0.106. The highest BCUT2D eigenvalue weighted by molar-refractivity contribution is 5.89. The maximum absolute atomic E-state index is 10.8. The van der Waals surface area contributed by atoms with Gasteiger partial charge in [-0.3, -0.25) is 4.79 Å². The predicted octanol–water partition coefficient (Wildman–Crippen LogP) is -0.133. The first kappa shape index (κ1) is 8.32. The molecule has 0 aromatic carbocycles. The van der Waals surface area contributed by atoms with Crippen LogP contribution in [0, 0.1) is 0 Å². The number of esters is 1. The van der Waals surface area contributed by atoms with E-state index in [1.807, 2.05) is 0 Å². The van der Waals surface area contributed by atoms with Crippen LogP contribution in [0.3, 0.4) is 0 Å². The van der Waals surface area contributed by atoms with Crippen LogP contribution in [-0.2, 0) is 4.74 Å². The minimum Gasteiger partial charge on any atom is -0.503 e. The number of aromatic hydroxyl groups is 1. The Labute approximate surface area is 67.6 Å². The molecule has 0 saturated heterocycles. The van der Waals surface area contributed by atoms with Crippen molar-refractivity contribution in [2.24, 2.45) is 0 Å². The molecule has 0 atom stereocenters. The molecule has 0 radical (unpaired) electrons. The van der Waals surface area contributed by atoms with Crippen molar-refractivity contribution in [2.45, 2.75) is 0 Å². The van der Waals surface area contributed by atoms with Gasteiger partial charge in [-0.2, -0.15) is 0 Å². The summed E-state index contributed by atoms with van der Waals surface area (Å²) in [5.74, 6) is -1.11. The zero-order valence-electron chi connectivity index (χ0n) is 6.33. The van der Waals surface area contributed by atoms with E-state index >= 15 is 0 Å². The van der Waals surface area contributed by atoms with E-state index in [1.54, 1.807) is 0 Å². The van der Waals surface area contributed by atoms with Crippen LogP contribution >= 0.6 is 0 Å². The fourth-order valence-electron chi connectivity index (χ4n) is 0.707. The molecule has 1 aromatic rings. The summed E-state index contributed by atoms with van der Waals surface area (Å²) in [5, 5.41) is 8.89. The summed E-state index contributed by atoms with van der Waals surface area (Å²) in [7, 11) is 1.21. The van der Waals surface area contributed by atoms with Crippen molar-refractivity contribution >= 4 is 5.97 Å². The number of pyridine rings is 1. The topological polar surface area (TPSA) is 79.4 Å². The summed E-state index contributed by atoms with van der Waals surface area (Å²) < 4.78 is 4.36. The van der Waals surface area contributed by atoms with Crippen molar-refractivity contribution in [2.75, 3.05) is 7.11 Å². The van der Waals surface area contributed by atoms with Crippen LogP contribution in [0.2, 0.25) is 0 Å². The third-order valence-corrected chi connectivity index (χ3v) is 1.30. The average molecular weight is 169 g/mol. The van der Waals surface area contributed by atoms with Gasteiger partial charge in [-0.1, -0.05) is 0 Å². The Morgan fingerprint density at radius 3 is 2.83 bits per heavy atom. The monoisotopic (exact) mass is 169 g/mol. The van der Waals surface area contributed by atoms with E-state index in [9.17, 15) is 9.59 Å². The number of H-pyrrole nitrogens is 1.